The summed E-state index contributed by atoms with van der Waals surface area (Å²) in [5.74, 6) is -0.770. The van der Waals surface area contributed by atoms with Crippen LogP contribution in [0.15, 0.2) is 36.4 Å². The summed E-state index contributed by atoms with van der Waals surface area (Å²) in [6.07, 6.45) is 0. The number of nitrogens with one attached hydrogen (secondary N) is 1. The summed E-state index contributed by atoms with van der Waals surface area (Å²) in [5.41, 5.74) is -0.217. The van der Waals surface area contributed by atoms with Crippen LogP contribution in [0.4, 0.5) is 11.4 Å². The highest BCUT2D eigenvalue weighted by molar-refractivity contribution is 6.37. The first-order chi connectivity index (χ1) is 9.90. The maximum Gasteiger partial charge on any atom is 0.290 e. The van der Waals surface area contributed by atoms with Gasteiger partial charge in [-0.3, -0.25) is 14.9 Å². The molecule has 108 valence electrons. The molecule has 0 saturated heterocycles. The molecule has 2 rings (SSSR count). The summed E-state index contributed by atoms with van der Waals surface area (Å²) in [6, 6.07) is 7.91. The number of phenolic OH excluding ortho intramolecular Hbond substituents is 1. The summed E-state index contributed by atoms with van der Waals surface area (Å²) in [6.45, 7) is 0. The number of hydrogen-bond acceptors (Lipinski definition) is 4. The molecule has 6 nitrogen and oxygen atoms in total. The predicted molar refractivity (Wildman–Crippen MR) is 79.2 cm³/mol. The number of nitro benzene ring substituents is 1. The first kappa shape index (κ1) is 15.1. The average Bonchev–Trinajstić information content (AvgIpc) is 2.43. The standard InChI is InChI=1S/C13H8Cl2N2O4/c14-9-5-4-7(18)6-8(9)13(19)16-10-2-1-3-11(12(10)15)17(20)21/h1-6,18H,(H,16,19). The van der Waals surface area contributed by atoms with E-state index in [4.69, 9.17) is 23.2 Å². The zero-order valence-corrected chi connectivity index (χ0v) is 11.9. The number of aromatic hydroxyl groups is 1. The SMILES string of the molecule is O=C(Nc1cccc([N+](=O)[O-])c1Cl)c1cc(O)ccc1Cl. The number of rotatable bonds is 3. The Kier molecular flexibility index (Phi) is 4.30. The molecule has 0 unspecified atom stereocenters. The van der Waals surface area contributed by atoms with Gasteiger partial charge in [0, 0.05) is 6.07 Å². The van der Waals surface area contributed by atoms with Crippen molar-refractivity contribution in [2.45, 2.75) is 0 Å². The van der Waals surface area contributed by atoms with Crippen LogP contribution in [-0.4, -0.2) is 15.9 Å². The van der Waals surface area contributed by atoms with Crippen molar-refractivity contribution in [3.05, 3.63) is 62.1 Å². The first-order valence-corrected chi connectivity index (χ1v) is 6.38. The van der Waals surface area contributed by atoms with E-state index in [0.717, 1.165) is 0 Å². The predicted octanol–water partition coefficient (Wildman–Crippen LogP) is 3.86. The molecule has 2 aromatic carbocycles. The summed E-state index contributed by atoms with van der Waals surface area (Å²) in [4.78, 5) is 22.2. The fraction of sp³-hybridized carbons (Fsp3) is 0. The van der Waals surface area contributed by atoms with Gasteiger partial charge in [0.15, 0.2) is 0 Å². The summed E-state index contributed by atoms with van der Waals surface area (Å²) in [5, 5.41) is 22.5. The third-order valence-corrected chi connectivity index (χ3v) is 3.34. The maximum absolute atomic E-state index is 12.1. The van der Waals surface area contributed by atoms with Gasteiger partial charge in [0.2, 0.25) is 0 Å². The Morgan fingerprint density at radius 2 is 1.95 bits per heavy atom. The van der Waals surface area contributed by atoms with Crippen LogP contribution in [0.25, 0.3) is 0 Å². The number of carbonyl (C=O) groups excluding carboxylic acids is 1. The minimum Gasteiger partial charge on any atom is -0.508 e. The third-order valence-electron chi connectivity index (χ3n) is 2.62. The van der Waals surface area contributed by atoms with E-state index in [2.05, 4.69) is 5.32 Å². The normalized spacial score (nSPS) is 10.2. The maximum atomic E-state index is 12.1. The highest BCUT2D eigenvalue weighted by atomic mass is 35.5. The van der Waals surface area contributed by atoms with Gasteiger partial charge >= 0.3 is 0 Å². The monoisotopic (exact) mass is 326 g/mol. The van der Waals surface area contributed by atoms with Gasteiger partial charge < -0.3 is 10.4 Å². The molecule has 2 aromatic rings. The van der Waals surface area contributed by atoms with E-state index in [-0.39, 0.29) is 32.7 Å². The van der Waals surface area contributed by atoms with E-state index in [0.29, 0.717) is 0 Å². The molecule has 0 heterocycles. The number of anilines is 1. The van der Waals surface area contributed by atoms with Crippen LogP contribution in [0.1, 0.15) is 10.4 Å². The fourth-order valence-corrected chi connectivity index (χ4v) is 2.08. The van der Waals surface area contributed by atoms with Crippen molar-refractivity contribution in [1.82, 2.24) is 0 Å². The van der Waals surface area contributed by atoms with Gasteiger partial charge in [0.05, 0.1) is 21.2 Å². The van der Waals surface area contributed by atoms with Gasteiger partial charge in [-0.05, 0) is 24.3 Å². The molecule has 0 saturated carbocycles. The van der Waals surface area contributed by atoms with Crippen LogP contribution in [0.5, 0.6) is 5.75 Å². The highest BCUT2D eigenvalue weighted by Gasteiger charge is 2.18. The minimum atomic E-state index is -0.653. The molecule has 0 fully saturated rings. The number of amides is 1. The largest absolute Gasteiger partial charge is 0.508 e. The second-order valence-corrected chi connectivity index (χ2v) is 4.80. The molecule has 0 aromatic heterocycles. The Balaban J connectivity index is 2.34. The van der Waals surface area contributed by atoms with Crippen molar-refractivity contribution in [1.29, 1.82) is 0 Å². The lowest BCUT2D eigenvalue weighted by Crippen LogP contribution is -2.13. The van der Waals surface area contributed by atoms with Crippen molar-refractivity contribution >= 4 is 40.5 Å². The minimum absolute atomic E-state index is 0.0271. The van der Waals surface area contributed by atoms with Gasteiger partial charge in [0.1, 0.15) is 10.8 Å². The van der Waals surface area contributed by atoms with E-state index in [1.807, 2.05) is 0 Å². The smallest absolute Gasteiger partial charge is 0.290 e. The Morgan fingerprint density at radius 1 is 1.24 bits per heavy atom. The van der Waals surface area contributed by atoms with E-state index in [1.165, 1.54) is 36.4 Å². The molecule has 21 heavy (non-hydrogen) atoms. The van der Waals surface area contributed by atoms with Crippen molar-refractivity contribution in [2.24, 2.45) is 0 Å². The summed E-state index contributed by atoms with van der Waals surface area (Å²) >= 11 is 11.7. The average molecular weight is 327 g/mol. The van der Waals surface area contributed by atoms with E-state index in [1.54, 1.807) is 0 Å². The zero-order valence-electron chi connectivity index (χ0n) is 10.3. The van der Waals surface area contributed by atoms with Gasteiger partial charge in [-0.15, -0.1) is 0 Å². The Bertz CT molecular complexity index is 734. The highest BCUT2D eigenvalue weighted by Crippen LogP contribution is 2.32. The molecule has 0 atom stereocenters. The quantitative estimate of drug-likeness (QED) is 0.661. The third kappa shape index (κ3) is 3.24. The Morgan fingerprint density at radius 3 is 2.62 bits per heavy atom. The summed E-state index contributed by atoms with van der Waals surface area (Å²) in [7, 11) is 0. The molecule has 8 heteroatoms. The number of nitrogens with zero attached hydrogens (tertiary/aromatic N) is 1. The number of carbonyl (C=O) groups is 1. The van der Waals surface area contributed by atoms with Crippen LogP contribution in [0.2, 0.25) is 10.0 Å². The lowest BCUT2D eigenvalue weighted by molar-refractivity contribution is -0.384. The van der Waals surface area contributed by atoms with Gasteiger partial charge in [-0.25, -0.2) is 0 Å². The van der Waals surface area contributed by atoms with Gasteiger partial charge in [-0.1, -0.05) is 29.3 Å². The number of nitro groups is 1. The topological polar surface area (TPSA) is 92.5 Å². The molecule has 0 radical (unpaired) electrons. The van der Waals surface area contributed by atoms with Crippen LogP contribution in [-0.2, 0) is 0 Å². The van der Waals surface area contributed by atoms with E-state index >= 15 is 0 Å². The first-order valence-electron chi connectivity index (χ1n) is 5.63. The molecule has 2 N–H and O–H groups in total. The molecule has 0 aliphatic heterocycles. The number of hydrogen-bond donors (Lipinski definition) is 2. The van der Waals surface area contributed by atoms with E-state index in [9.17, 15) is 20.0 Å². The van der Waals surface area contributed by atoms with Gasteiger partial charge in [-0.2, -0.15) is 0 Å². The van der Waals surface area contributed by atoms with E-state index < -0.39 is 10.8 Å². The van der Waals surface area contributed by atoms with Crippen LogP contribution < -0.4 is 5.32 Å². The fourth-order valence-electron chi connectivity index (χ4n) is 1.63. The number of halogens is 2. The molecule has 0 spiro atoms. The molecular formula is C13H8Cl2N2O4. The number of benzene rings is 2. The second kappa shape index (κ2) is 5.99. The summed E-state index contributed by atoms with van der Waals surface area (Å²) < 4.78 is 0. The van der Waals surface area contributed by atoms with Crippen LogP contribution in [0, 0.1) is 10.1 Å². The molecule has 0 bridgehead atoms. The lowest BCUT2D eigenvalue weighted by Gasteiger charge is -2.08. The lowest BCUT2D eigenvalue weighted by atomic mass is 10.2. The van der Waals surface area contributed by atoms with Crippen molar-refractivity contribution in [2.75, 3.05) is 5.32 Å². The Hall–Kier alpha value is -2.31. The molecule has 0 aliphatic carbocycles. The molecule has 0 aliphatic rings. The van der Waals surface area contributed by atoms with Crippen molar-refractivity contribution in [3.8, 4) is 5.75 Å². The van der Waals surface area contributed by atoms with Crippen molar-refractivity contribution < 1.29 is 14.8 Å². The van der Waals surface area contributed by atoms with Gasteiger partial charge in [0.25, 0.3) is 11.6 Å². The van der Waals surface area contributed by atoms with Crippen LogP contribution in [0.3, 0.4) is 0 Å². The molecular weight excluding hydrogens is 319 g/mol. The molecule has 1 amide bonds. The number of phenols is 1. The zero-order chi connectivity index (χ0) is 15.6. The Labute approximate surface area is 129 Å². The second-order valence-electron chi connectivity index (χ2n) is 4.01. The van der Waals surface area contributed by atoms with Crippen molar-refractivity contribution in [3.63, 3.8) is 0 Å². The van der Waals surface area contributed by atoms with Crippen LogP contribution >= 0.6 is 23.2 Å².